The van der Waals surface area contributed by atoms with Gasteiger partial charge in [-0.15, -0.1) is 0 Å². The normalized spacial score (nSPS) is 10.9. The maximum Gasteiger partial charge on any atom is 0.273 e. The van der Waals surface area contributed by atoms with E-state index in [1.54, 1.807) is 56.2 Å². The number of benzene rings is 2. The van der Waals surface area contributed by atoms with Crippen molar-refractivity contribution in [2.45, 2.75) is 13.5 Å². The van der Waals surface area contributed by atoms with Crippen molar-refractivity contribution >= 4 is 17.5 Å². The lowest BCUT2D eigenvalue weighted by Gasteiger charge is -2.11. The van der Waals surface area contributed by atoms with Gasteiger partial charge in [0.2, 0.25) is 0 Å². The molecule has 2 aromatic carbocycles. The van der Waals surface area contributed by atoms with Crippen molar-refractivity contribution in [3.05, 3.63) is 87.2 Å². The second kappa shape index (κ2) is 9.04. The van der Waals surface area contributed by atoms with Crippen molar-refractivity contribution in [2.24, 2.45) is 7.05 Å². The molecule has 30 heavy (non-hydrogen) atoms. The molecule has 0 saturated carbocycles. The van der Waals surface area contributed by atoms with E-state index in [4.69, 9.17) is 9.47 Å². The second-order valence-corrected chi connectivity index (χ2v) is 6.61. The first-order valence-corrected chi connectivity index (χ1v) is 9.14. The minimum absolute atomic E-state index is 0.0413. The lowest BCUT2D eigenvalue weighted by atomic mass is 10.1. The molecule has 1 aromatic heterocycles. The molecule has 0 aliphatic rings. The number of nitro groups is 1. The van der Waals surface area contributed by atoms with Gasteiger partial charge in [-0.1, -0.05) is 18.2 Å². The Hall–Kier alpha value is -3.94. The van der Waals surface area contributed by atoms with Crippen LogP contribution in [0.4, 0.5) is 5.69 Å². The van der Waals surface area contributed by atoms with E-state index in [0.29, 0.717) is 22.8 Å². The van der Waals surface area contributed by atoms with E-state index in [1.807, 2.05) is 12.1 Å². The van der Waals surface area contributed by atoms with E-state index in [9.17, 15) is 14.9 Å². The molecule has 0 bridgehead atoms. The van der Waals surface area contributed by atoms with Crippen LogP contribution < -0.4 is 9.47 Å². The van der Waals surface area contributed by atoms with Gasteiger partial charge in [-0.3, -0.25) is 19.6 Å². The molecular formula is C22H21N3O5. The minimum atomic E-state index is -0.472. The fourth-order valence-electron chi connectivity index (χ4n) is 2.97. The number of aromatic nitrogens is 2. The molecule has 0 radical (unpaired) electrons. The van der Waals surface area contributed by atoms with Crippen LogP contribution in [0.3, 0.4) is 0 Å². The molecule has 3 rings (SSSR count). The van der Waals surface area contributed by atoms with Gasteiger partial charge in [0.05, 0.1) is 29.4 Å². The fraction of sp³-hybridized carbons (Fsp3) is 0.182. The summed E-state index contributed by atoms with van der Waals surface area (Å²) >= 11 is 0. The predicted octanol–water partition coefficient (Wildman–Crippen LogP) is 4.12. The van der Waals surface area contributed by atoms with Crippen LogP contribution in [-0.4, -0.2) is 27.6 Å². The summed E-state index contributed by atoms with van der Waals surface area (Å²) in [5.74, 6) is 0.868. The zero-order valence-corrected chi connectivity index (χ0v) is 16.9. The van der Waals surface area contributed by atoms with E-state index >= 15 is 0 Å². The van der Waals surface area contributed by atoms with Gasteiger partial charge in [0.15, 0.2) is 5.78 Å². The summed E-state index contributed by atoms with van der Waals surface area (Å²) in [5.41, 5.74) is 2.73. The zero-order valence-electron chi connectivity index (χ0n) is 16.9. The SMILES string of the molecule is COc1ccc(/C=C/C(=O)c2cn(C)nc2C)cc1COc1cccc([N+](=O)[O-])c1. The van der Waals surface area contributed by atoms with Gasteiger partial charge in [-0.25, -0.2) is 0 Å². The number of carbonyl (C=O) groups excluding carboxylic acids is 1. The molecule has 8 nitrogen and oxygen atoms in total. The highest BCUT2D eigenvalue weighted by molar-refractivity contribution is 6.07. The summed E-state index contributed by atoms with van der Waals surface area (Å²) in [6, 6.07) is 11.4. The summed E-state index contributed by atoms with van der Waals surface area (Å²) < 4.78 is 12.7. The van der Waals surface area contributed by atoms with Gasteiger partial charge in [-0.2, -0.15) is 5.10 Å². The Morgan fingerprint density at radius 1 is 1.27 bits per heavy atom. The van der Waals surface area contributed by atoms with Crippen LogP contribution >= 0.6 is 0 Å². The van der Waals surface area contributed by atoms with Gasteiger partial charge in [0, 0.05) is 24.9 Å². The van der Waals surface area contributed by atoms with Crippen LogP contribution in [0.2, 0.25) is 0 Å². The lowest BCUT2D eigenvalue weighted by Crippen LogP contribution is -2.00. The van der Waals surface area contributed by atoms with E-state index in [-0.39, 0.29) is 18.1 Å². The summed E-state index contributed by atoms with van der Waals surface area (Å²) in [7, 11) is 3.32. The molecule has 0 fully saturated rings. The number of nitrogens with zero attached hydrogens (tertiary/aromatic N) is 3. The first kappa shape index (κ1) is 20.8. The fourth-order valence-corrected chi connectivity index (χ4v) is 2.97. The Kier molecular flexibility index (Phi) is 6.26. The summed E-state index contributed by atoms with van der Waals surface area (Å²) in [4.78, 5) is 22.9. The van der Waals surface area contributed by atoms with Gasteiger partial charge in [0.1, 0.15) is 18.1 Å². The minimum Gasteiger partial charge on any atom is -0.496 e. The van der Waals surface area contributed by atoms with E-state index in [1.165, 1.54) is 18.2 Å². The molecule has 0 saturated heterocycles. The van der Waals surface area contributed by atoms with Crippen LogP contribution in [0.25, 0.3) is 6.08 Å². The van der Waals surface area contributed by atoms with Gasteiger partial charge in [-0.05, 0) is 36.8 Å². The van der Waals surface area contributed by atoms with E-state index in [2.05, 4.69) is 5.10 Å². The van der Waals surface area contributed by atoms with Crippen LogP contribution in [0.1, 0.15) is 27.2 Å². The number of aryl methyl sites for hydroxylation is 2. The average molecular weight is 407 g/mol. The molecule has 0 atom stereocenters. The van der Waals surface area contributed by atoms with Crippen molar-refractivity contribution in [3.63, 3.8) is 0 Å². The second-order valence-electron chi connectivity index (χ2n) is 6.61. The Morgan fingerprint density at radius 3 is 2.73 bits per heavy atom. The van der Waals surface area contributed by atoms with Crippen molar-refractivity contribution in [3.8, 4) is 11.5 Å². The lowest BCUT2D eigenvalue weighted by molar-refractivity contribution is -0.384. The molecule has 154 valence electrons. The Balaban J connectivity index is 1.76. The number of methoxy groups -OCH3 is 1. The number of rotatable bonds is 8. The number of nitro benzene ring substituents is 1. The molecule has 0 aliphatic carbocycles. The largest absolute Gasteiger partial charge is 0.496 e. The van der Waals surface area contributed by atoms with Crippen LogP contribution in [0, 0.1) is 17.0 Å². The van der Waals surface area contributed by atoms with E-state index in [0.717, 1.165) is 11.1 Å². The highest BCUT2D eigenvalue weighted by atomic mass is 16.6. The highest BCUT2D eigenvalue weighted by Crippen LogP contribution is 2.25. The third kappa shape index (κ3) is 4.91. The molecule has 0 amide bonds. The number of carbonyl (C=O) groups is 1. The molecule has 3 aromatic rings. The number of hydrogen-bond donors (Lipinski definition) is 0. The molecule has 0 N–H and O–H groups in total. The number of ketones is 1. The molecule has 8 heteroatoms. The molecular weight excluding hydrogens is 386 g/mol. The van der Waals surface area contributed by atoms with Gasteiger partial charge >= 0.3 is 0 Å². The molecule has 0 spiro atoms. The first-order chi connectivity index (χ1) is 14.4. The van der Waals surface area contributed by atoms with E-state index < -0.39 is 4.92 Å². The Labute approximate surface area is 173 Å². The smallest absolute Gasteiger partial charge is 0.273 e. The quantitative estimate of drug-likeness (QED) is 0.241. The number of ether oxygens (including phenoxy) is 2. The maximum atomic E-state index is 12.4. The van der Waals surface area contributed by atoms with Crippen molar-refractivity contribution in [1.29, 1.82) is 0 Å². The van der Waals surface area contributed by atoms with Gasteiger partial charge in [0.25, 0.3) is 5.69 Å². The zero-order chi connectivity index (χ0) is 21.7. The third-order valence-corrected chi connectivity index (χ3v) is 4.43. The summed E-state index contributed by atoms with van der Waals surface area (Å²) in [6.07, 6.45) is 4.90. The number of allylic oxidation sites excluding steroid dienone is 1. The topological polar surface area (TPSA) is 96.5 Å². The van der Waals surface area contributed by atoms with Gasteiger partial charge < -0.3 is 9.47 Å². The summed E-state index contributed by atoms with van der Waals surface area (Å²) in [5, 5.41) is 15.1. The van der Waals surface area contributed by atoms with Crippen molar-refractivity contribution in [2.75, 3.05) is 7.11 Å². The average Bonchev–Trinajstić information content (AvgIpc) is 3.08. The predicted molar refractivity (Wildman–Crippen MR) is 112 cm³/mol. The Morgan fingerprint density at radius 2 is 2.07 bits per heavy atom. The molecule has 0 unspecified atom stereocenters. The standard InChI is InChI=1S/C22H21N3O5/c1-15-20(13-24(2)23-15)21(26)9-7-16-8-10-22(29-3)17(11-16)14-30-19-6-4-5-18(12-19)25(27)28/h4-13H,14H2,1-3H3/b9-7+. The molecule has 1 heterocycles. The molecule has 0 aliphatic heterocycles. The van der Waals surface area contributed by atoms with Crippen LogP contribution in [0.5, 0.6) is 11.5 Å². The highest BCUT2D eigenvalue weighted by Gasteiger charge is 2.11. The third-order valence-electron chi connectivity index (χ3n) is 4.43. The van der Waals surface area contributed by atoms with Crippen molar-refractivity contribution < 1.29 is 19.2 Å². The first-order valence-electron chi connectivity index (χ1n) is 9.14. The van der Waals surface area contributed by atoms with Crippen LogP contribution in [-0.2, 0) is 13.7 Å². The summed E-state index contributed by atoms with van der Waals surface area (Å²) in [6.45, 7) is 1.94. The van der Waals surface area contributed by atoms with Crippen molar-refractivity contribution in [1.82, 2.24) is 9.78 Å². The Bertz CT molecular complexity index is 1120. The number of hydrogen-bond acceptors (Lipinski definition) is 6. The van der Waals surface area contributed by atoms with Crippen LogP contribution in [0.15, 0.2) is 54.7 Å². The maximum absolute atomic E-state index is 12.4. The monoisotopic (exact) mass is 407 g/mol. The number of non-ortho nitro benzene ring substituents is 1.